The predicted octanol–water partition coefficient (Wildman–Crippen LogP) is 5.67. The fraction of sp³-hybridized carbons (Fsp3) is 0.433. The molecule has 2 N–H and O–H groups in total. The Balaban J connectivity index is 2.55. The number of rotatable bonds is 9. The summed E-state index contributed by atoms with van der Waals surface area (Å²) in [5.74, 6) is -0.411. The van der Waals surface area contributed by atoms with E-state index in [1.165, 1.54) is 11.8 Å². The minimum atomic E-state index is -1.12. The third-order valence-electron chi connectivity index (χ3n) is 6.15. The lowest BCUT2D eigenvalue weighted by Gasteiger charge is -2.31. The standard InChI is InChI=1S/C30H39N3O4S/c1-10-33(28(35)24(17-18-38-9)31-29(36)37-30(6,7)8)26(23-16-12-13-19(2)22(23)5)27(34)32-25-20(3)14-11-15-21(25)4/h1,11-16,24,26H,17-18H2,2-9H3,(H,31,36)(H,32,34). The average Bonchev–Trinajstić information content (AvgIpc) is 2.83. The number of nitrogens with zero attached hydrogens (tertiary/aromatic N) is 1. The number of terminal acetylenes is 1. The lowest BCUT2D eigenvalue weighted by molar-refractivity contribution is -0.136. The molecule has 3 amide bonds. The summed E-state index contributed by atoms with van der Waals surface area (Å²) in [4.78, 5) is 41.5. The number of ether oxygens (including phenoxy) is 1. The molecule has 38 heavy (non-hydrogen) atoms. The summed E-state index contributed by atoms with van der Waals surface area (Å²) in [7, 11) is 0. The molecule has 0 heterocycles. The molecular formula is C30H39N3O4S. The van der Waals surface area contributed by atoms with E-state index in [-0.39, 0.29) is 0 Å². The van der Waals surface area contributed by atoms with Crippen LogP contribution < -0.4 is 10.6 Å². The third-order valence-corrected chi connectivity index (χ3v) is 6.80. The summed E-state index contributed by atoms with van der Waals surface area (Å²) in [5.41, 5.74) is 4.13. The van der Waals surface area contributed by atoms with Gasteiger partial charge in [-0.3, -0.25) is 14.5 Å². The van der Waals surface area contributed by atoms with Crippen molar-refractivity contribution in [1.29, 1.82) is 0 Å². The number of nitrogens with one attached hydrogen (secondary N) is 2. The van der Waals surface area contributed by atoms with Gasteiger partial charge in [0.15, 0.2) is 0 Å². The molecule has 0 aromatic heterocycles. The summed E-state index contributed by atoms with van der Waals surface area (Å²) in [5, 5.41) is 5.67. The lowest BCUT2D eigenvalue weighted by Crippen LogP contribution is -2.51. The first kappa shape index (κ1) is 30.8. The first-order valence-corrected chi connectivity index (χ1v) is 13.9. The van der Waals surface area contributed by atoms with E-state index >= 15 is 0 Å². The van der Waals surface area contributed by atoms with E-state index in [0.717, 1.165) is 27.2 Å². The van der Waals surface area contributed by atoms with Gasteiger partial charge in [0.1, 0.15) is 17.7 Å². The molecule has 0 saturated heterocycles. The normalized spacial score (nSPS) is 12.6. The highest BCUT2D eigenvalue weighted by atomic mass is 32.2. The molecule has 2 rings (SSSR count). The van der Waals surface area contributed by atoms with Crippen molar-refractivity contribution in [3.8, 4) is 12.5 Å². The van der Waals surface area contributed by atoms with Gasteiger partial charge >= 0.3 is 6.09 Å². The Morgan fingerprint density at radius 3 is 2.16 bits per heavy atom. The molecular weight excluding hydrogens is 498 g/mol. The molecule has 0 bridgehead atoms. The highest BCUT2D eigenvalue weighted by Crippen LogP contribution is 2.30. The minimum Gasteiger partial charge on any atom is -0.444 e. The van der Waals surface area contributed by atoms with Crippen LogP contribution in [0.2, 0.25) is 0 Å². The molecule has 2 atom stereocenters. The molecule has 0 aliphatic carbocycles. The van der Waals surface area contributed by atoms with Crippen LogP contribution in [0.4, 0.5) is 10.5 Å². The average molecular weight is 538 g/mol. The van der Waals surface area contributed by atoms with Crippen LogP contribution in [0.15, 0.2) is 36.4 Å². The van der Waals surface area contributed by atoms with Gasteiger partial charge in [-0.2, -0.15) is 11.8 Å². The maximum atomic E-state index is 13.9. The van der Waals surface area contributed by atoms with Crippen LogP contribution in [0, 0.1) is 40.2 Å². The molecule has 7 nitrogen and oxygen atoms in total. The molecule has 0 radical (unpaired) electrons. The van der Waals surface area contributed by atoms with E-state index in [4.69, 9.17) is 11.2 Å². The quantitative estimate of drug-likeness (QED) is 0.318. The van der Waals surface area contributed by atoms with E-state index in [2.05, 4.69) is 16.7 Å². The third kappa shape index (κ3) is 8.03. The van der Waals surface area contributed by atoms with Gasteiger partial charge in [-0.1, -0.05) is 42.8 Å². The van der Waals surface area contributed by atoms with Crippen LogP contribution in [0.3, 0.4) is 0 Å². The number of thioether (sulfide) groups is 1. The van der Waals surface area contributed by atoms with Crippen LogP contribution in [0.25, 0.3) is 0 Å². The molecule has 2 unspecified atom stereocenters. The van der Waals surface area contributed by atoms with Gasteiger partial charge in [0, 0.05) is 11.7 Å². The van der Waals surface area contributed by atoms with Gasteiger partial charge in [0.2, 0.25) is 0 Å². The molecule has 0 spiro atoms. The van der Waals surface area contributed by atoms with Crippen molar-refractivity contribution in [2.75, 3.05) is 17.3 Å². The fourth-order valence-electron chi connectivity index (χ4n) is 4.05. The molecule has 8 heteroatoms. The Morgan fingerprint density at radius 2 is 1.61 bits per heavy atom. The monoisotopic (exact) mass is 537 g/mol. The number of alkyl carbamates (subject to hydrolysis) is 1. The number of aryl methyl sites for hydroxylation is 3. The fourth-order valence-corrected chi connectivity index (χ4v) is 4.52. The maximum absolute atomic E-state index is 13.9. The van der Waals surface area contributed by atoms with Crippen molar-refractivity contribution in [2.45, 2.75) is 72.6 Å². The number of amides is 3. The van der Waals surface area contributed by atoms with Gasteiger partial charge < -0.3 is 15.4 Å². The van der Waals surface area contributed by atoms with E-state index in [0.29, 0.717) is 23.4 Å². The maximum Gasteiger partial charge on any atom is 0.408 e. The van der Waals surface area contributed by atoms with Crippen molar-refractivity contribution in [1.82, 2.24) is 10.2 Å². The molecule has 0 aliphatic heterocycles. The van der Waals surface area contributed by atoms with Crippen molar-refractivity contribution in [3.63, 3.8) is 0 Å². The zero-order valence-corrected chi connectivity index (χ0v) is 24.4. The Labute approximate surface area is 231 Å². The summed E-state index contributed by atoms with van der Waals surface area (Å²) in [6.45, 7) is 12.9. The Bertz CT molecular complexity index is 1190. The summed E-state index contributed by atoms with van der Waals surface area (Å²) < 4.78 is 5.39. The number of carbonyl (C=O) groups excluding carboxylic acids is 3. The largest absolute Gasteiger partial charge is 0.444 e. The summed E-state index contributed by atoms with van der Waals surface area (Å²) in [6, 6.07) is 11.6. The van der Waals surface area contributed by atoms with E-state index < -0.39 is 35.6 Å². The Kier molecular flexibility index (Phi) is 10.8. The van der Waals surface area contributed by atoms with Crippen LogP contribution in [0.1, 0.15) is 61.1 Å². The molecule has 0 aliphatic rings. The topological polar surface area (TPSA) is 87.7 Å². The molecule has 204 valence electrons. The number of para-hydroxylation sites is 1. The second-order valence-corrected chi connectivity index (χ2v) is 11.3. The van der Waals surface area contributed by atoms with Crippen molar-refractivity contribution < 1.29 is 19.1 Å². The molecule has 0 fully saturated rings. The first-order valence-electron chi connectivity index (χ1n) is 12.5. The Hall–Kier alpha value is -3.44. The van der Waals surface area contributed by atoms with E-state index in [1.807, 2.05) is 64.3 Å². The van der Waals surface area contributed by atoms with E-state index in [9.17, 15) is 14.4 Å². The number of hydrogen-bond donors (Lipinski definition) is 2. The van der Waals surface area contributed by atoms with Gasteiger partial charge in [0.25, 0.3) is 11.8 Å². The highest BCUT2D eigenvalue weighted by Gasteiger charge is 2.37. The molecule has 2 aromatic carbocycles. The summed E-state index contributed by atoms with van der Waals surface area (Å²) in [6.07, 6.45) is 7.41. The predicted molar refractivity (Wildman–Crippen MR) is 155 cm³/mol. The van der Waals surface area contributed by atoms with E-state index in [1.54, 1.807) is 26.8 Å². The SMILES string of the molecule is C#CN(C(=O)C(CCSC)NC(=O)OC(C)(C)C)C(C(=O)Nc1c(C)cccc1C)c1cccc(C)c1C. The van der Waals surface area contributed by atoms with Crippen molar-refractivity contribution >= 4 is 35.4 Å². The van der Waals surface area contributed by atoms with Crippen LogP contribution in [-0.4, -0.2) is 46.5 Å². The number of hydrogen-bond acceptors (Lipinski definition) is 5. The smallest absolute Gasteiger partial charge is 0.408 e. The van der Waals surface area contributed by atoms with Crippen LogP contribution >= 0.6 is 11.8 Å². The minimum absolute atomic E-state index is 0.315. The van der Waals surface area contributed by atoms with Crippen LogP contribution in [-0.2, 0) is 14.3 Å². The van der Waals surface area contributed by atoms with Crippen molar-refractivity contribution in [2.24, 2.45) is 0 Å². The number of anilines is 1. The molecule has 0 saturated carbocycles. The second-order valence-electron chi connectivity index (χ2n) is 10.3. The van der Waals surface area contributed by atoms with Crippen LogP contribution in [0.5, 0.6) is 0 Å². The van der Waals surface area contributed by atoms with Crippen molar-refractivity contribution in [3.05, 3.63) is 64.2 Å². The van der Waals surface area contributed by atoms with Gasteiger partial charge in [-0.15, -0.1) is 0 Å². The highest BCUT2D eigenvalue weighted by molar-refractivity contribution is 7.98. The second kappa shape index (κ2) is 13.4. The first-order chi connectivity index (χ1) is 17.8. The number of carbonyl (C=O) groups is 3. The summed E-state index contributed by atoms with van der Waals surface area (Å²) >= 11 is 1.53. The number of benzene rings is 2. The van der Waals surface area contributed by atoms with Gasteiger partial charge in [0.05, 0.1) is 0 Å². The molecule has 2 aromatic rings. The zero-order valence-electron chi connectivity index (χ0n) is 23.6. The van der Waals surface area contributed by atoms with Gasteiger partial charge in [-0.25, -0.2) is 4.79 Å². The zero-order chi connectivity index (χ0) is 28.6. The van der Waals surface area contributed by atoms with Gasteiger partial charge in [-0.05, 0) is 94.7 Å². The Morgan fingerprint density at radius 1 is 1.03 bits per heavy atom. The lowest BCUT2D eigenvalue weighted by atomic mass is 9.95.